The molecule has 0 radical (unpaired) electrons. The van der Waals surface area contributed by atoms with Crippen molar-refractivity contribution < 1.29 is 9.90 Å². The molecule has 2 atom stereocenters. The molecule has 0 aliphatic heterocycles. The number of rotatable bonds is 4. The molecule has 0 bridgehead atoms. The van der Waals surface area contributed by atoms with Crippen molar-refractivity contribution in [3.63, 3.8) is 0 Å². The molecule has 0 spiro atoms. The first-order chi connectivity index (χ1) is 5.74. The van der Waals surface area contributed by atoms with E-state index in [1.54, 1.807) is 0 Å². The molecule has 2 unspecified atom stereocenters. The van der Waals surface area contributed by atoms with Crippen LogP contribution in [0.15, 0.2) is 0 Å². The molecular weight excluding hydrogens is 152 g/mol. The van der Waals surface area contributed by atoms with E-state index in [0.717, 1.165) is 6.42 Å². The predicted molar refractivity (Wildman–Crippen MR) is 48.0 cm³/mol. The van der Waals surface area contributed by atoms with Crippen LogP contribution in [0, 0.1) is 11.8 Å². The van der Waals surface area contributed by atoms with Crippen molar-refractivity contribution in [1.82, 2.24) is 0 Å². The third-order valence-corrected chi connectivity index (χ3v) is 2.91. The highest BCUT2D eigenvalue weighted by molar-refractivity contribution is 5.67. The van der Waals surface area contributed by atoms with E-state index < -0.39 is 5.97 Å². The van der Waals surface area contributed by atoms with Crippen molar-refractivity contribution in [2.45, 2.75) is 45.4 Å². The van der Waals surface area contributed by atoms with E-state index >= 15 is 0 Å². The third-order valence-electron chi connectivity index (χ3n) is 2.91. The summed E-state index contributed by atoms with van der Waals surface area (Å²) in [7, 11) is 0. The first-order valence-corrected chi connectivity index (χ1v) is 4.95. The van der Waals surface area contributed by atoms with Crippen LogP contribution in [-0.4, -0.2) is 11.1 Å². The van der Waals surface area contributed by atoms with E-state index in [4.69, 9.17) is 5.11 Å². The summed E-state index contributed by atoms with van der Waals surface area (Å²) in [6.07, 6.45) is 6.44. The highest BCUT2D eigenvalue weighted by Gasteiger charge is 2.27. The van der Waals surface area contributed by atoms with Gasteiger partial charge in [0.05, 0.1) is 0 Å². The lowest BCUT2D eigenvalue weighted by molar-refractivity contribution is -0.138. The third kappa shape index (κ3) is 2.50. The van der Waals surface area contributed by atoms with Gasteiger partial charge in [-0.3, -0.25) is 4.79 Å². The van der Waals surface area contributed by atoms with E-state index in [1.165, 1.54) is 25.7 Å². The Morgan fingerprint density at radius 2 is 2.08 bits per heavy atom. The Morgan fingerprint density at radius 3 is 2.67 bits per heavy atom. The van der Waals surface area contributed by atoms with Gasteiger partial charge < -0.3 is 5.11 Å². The Labute approximate surface area is 74.0 Å². The Morgan fingerprint density at radius 1 is 1.42 bits per heavy atom. The highest BCUT2D eigenvalue weighted by atomic mass is 16.4. The van der Waals surface area contributed by atoms with Crippen LogP contribution in [0.5, 0.6) is 0 Å². The molecule has 12 heavy (non-hydrogen) atoms. The lowest BCUT2D eigenvalue weighted by atomic mass is 9.89. The van der Waals surface area contributed by atoms with Crippen LogP contribution in [0.3, 0.4) is 0 Å². The fraction of sp³-hybridized carbons (Fsp3) is 0.900. The number of hydrogen-bond donors (Lipinski definition) is 1. The minimum absolute atomic E-state index is 0.394. The molecule has 0 aromatic heterocycles. The van der Waals surface area contributed by atoms with Crippen LogP contribution in [0.1, 0.15) is 45.4 Å². The standard InChI is InChI=1S/C10H18O2/c1-2-4-8-5-3-6-9(8)7-10(11)12/h8-9H,2-7H2,1H3,(H,11,12). The Bertz CT molecular complexity index is 154. The van der Waals surface area contributed by atoms with Gasteiger partial charge in [0.15, 0.2) is 0 Å². The van der Waals surface area contributed by atoms with Gasteiger partial charge in [-0.2, -0.15) is 0 Å². The quantitative estimate of drug-likeness (QED) is 0.704. The SMILES string of the molecule is CCCC1CCCC1CC(=O)O. The van der Waals surface area contributed by atoms with Crippen LogP contribution in [0.4, 0.5) is 0 Å². The molecule has 0 aromatic carbocycles. The zero-order chi connectivity index (χ0) is 8.97. The second-order valence-electron chi connectivity index (χ2n) is 3.84. The maximum atomic E-state index is 10.5. The van der Waals surface area contributed by atoms with Gasteiger partial charge in [0.25, 0.3) is 0 Å². The van der Waals surface area contributed by atoms with Crippen molar-refractivity contribution in [3.05, 3.63) is 0 Å². The number of hydrogen-bond acceptors (Lipinski definition) is 1. The maximum absolute atomic E-state index is 10.5. The van der Waals surface area contributed by atoms with Crippen molar-refractivity contribution in [3.8, 4) is 0 Å². The van der Waals surface area contributed by atoms with Crippen molar-refractivity contribution in [1.29, 1.82) is 0 Å². The van der Waals surface area contributed by atoms with Crippen molar-refractivity contribution >= 4 is 5.97 Å². The summed E-state index contributed by atoms with van der Waals surface area (Å²) in [5.74, 6) is 0.552. The van der Waals surface area contributed by atoms with E-state index in [9.17, 15) is 4.79 Å². The molecule has 0 amide bonds. The predicted octanol–water partition coefficient (Wildman–Crippen LogP) is 2.68. The van der Waals surface area contributed by atoms with Gasteiger partial charge >= 0.3 is 5.97 Å². The van der Waals surface area contributed by atoms with Crippen LogP contribution >= 0.6 is 0 Å². The van der Waals surface area contributed by atoms with Crippen LogP contribution in [-0.2, 0) is 4.79 Å². The normalized spacial score (nSPS) is 29.1. The molecule has 1 aliphatic carbocycles. The summed E-state index contributed by atoms with van der Waals surface area (Å²) in [6, 6.07) is 0. The maximum Gasteiger partial charge on any atom is 0.303 e. The average Bonchev–Trinajstić information content (AvgIpc) is 2.37. The van der Waals surface area contributed by atoms with Crippen LogP contribution < -0.4 is 0 Å². The average molecular weight is 170 g/mol. The molecule has 1 N–H and O–H groups in total. The number of carboxylic acids is 1. The zero-order valence-corrected chi connectivity index (χ0v) is 7.75. The lowest BCUT2D eigenvalue weighted by Crippen LogP contribution is -2.12. The number of carboxylic acid groups (broad SMARTS) is 1. The molecule has 1 rings (SSSR count). The molecule has 1 aliphatic rings. The van der Waals surface area contributed by atoms with Crippen molar-refractivity contribution in [2.24, 2.45) is 11.8 Å². The highest BCUT2D eigenvalue weighted by Crippen LogP contribution is 2.36. The Balaban J connectivity index is 2.35. The van der Waals surface area contributed by atoms with Gasteiger partial charge in [0.2, 0.25) is 0 Å². The number of carbonyl (C=O) groups is 1. The summed E-state index contributed by atoms with van der Waals surface area (Å²) in [4.78, 5) is 10.5. The van der Waals surface area contributed by atoms with Gasteiger partial charge in [0, 0.05) is 6.42 Å². The lowest BCUT2D eigenvalue weighted by Gasteiger charge is -2.16. The van der Waals surface area contributed by atoms with Gasteiger partial charge in [-0.05, 0) is 18.3 Å². The summed E-state index contributed by atoms with van der Waals surface area (Å²) >= 11 is 0. The first kappa shape index (κ1) is 9.56. The minimum atomic E-state index is -0.622. The Hall–Kier alpha value is -0.530. The van der Waals surface area contributed by atoms with E-state index in [2.05, 4.69) is 6.92 Å². The fourth-order valence-corrected chi connectivity index (χ4v) is 2.36. The number of aliphatic carboxylic acids is 1. The molecule has 0 saturated heterocycles. The van der Waals surface area contributed by atoms with Gasteiger partial charge in [-0.1, -0.05) is 32.6 Å². The largest absolute Gasteiger partial charge is 0.481 e. The zero-order valence-electron chi connectivity index (χ0n) is 7.75. The van der Waals surface area contributed by atoms with Gasteiger partial charge in [-0.15, -0.1) is 0 Å². The van der Waals surface area contributed by atoms with Crippen LogP contribution in [0.25, 0.3) is 0 Å². The van der Waals surface area contributed by atoms with E-state index in [1.807, 2.05) is 0 Å². The first-order valence-electron chi connectivity index (χ1n) is 4.95. The molecule has 0 aromatic rings. The summed E-state index contributed by atoms with van der Waals surface area (Å²) in [5.41, 5.74) is 0. The fourth-order valence-electron chi connectivity index (χ4n) is 2.36. The molecular formula is C10H18O2. The second kappa shape index (κ2) is 4.48. The van der Waals surface area contributed by atoms with E-state index in [-0.39, 0.29) is 0 Å². The molecule has 1 saturated carbocycles. The Kier molecular flexibility index (Phi) is 3.57. The molecule has 0 heterocycles. The van der Waals surface area contributed by atoms with Crippen molar-refractivity contribution in [2.75, 3.05) is 0 Å². The van der Waals surface area contributed by atoms with Gasteiger partial charge in [0.1, 0.15) is 0 Å². The second-order valence-corrected chi connectivity index (χ2v) is 3.84. The monoisotopic (exact) mass is 170 g/mol. The summed E-state index contributed by atoms with van der Waals surface area (Å²) < 4.78 is 0. The molecule has 2 heteroatoms. The topological polar surface area (TPSA) is 37.3 Å². The summed E-state index contributed by atoms with van der Waals surface area (Å²) in [6.45, 7) is 2.18. The van der Waals surface area contributed by atoms with E-state index in [0.29, 0.717) is 18.3 Å². The van der Waals surface area contributed by atoms with Crippen LogP contribution in [0.2, 0.25) is 0 Å². The minimum Gasteiger partial charge on any atom is -0.481 e. The molecule has 1 fully saturated rings. The summed E-state index contributed by atoms with van der Waals surface area (Å²) in [5, 5.41) is 8.66. The molecule has 2 nitrogen and oxygen atoms in total. The molecule has 70 valence electrons. The van der Waals surface area contributed by atoms with Gasteiger partial charge in [-0.25, -0.2) is 0 Å². The smallest absolute Gasteiger partial charge is 0.303 e.